The molecule has 0 bridgehead atoms. The van der Waals surface area contributed by atoms with E-state index in [2.05, 4.69) is 55.3 Å². The van der Waals surface area contributed by atoms with Crippen molar-refractivity contribution in [1.29, 1.82) is 0 Å². The second-order valence-electron chi connectivity index (χ2n) is 8.95. The van der Waals surface area contributed by atoms with Crippen molar-refractivity contribution in [2.24, 2.45) is 23.7 Å². The van der Waals surface area contributed by atoms with Crippen LogP contribution in [0.1, 0.15) is 64.0 Å². The molecule has 2 fully saturated rings. The Hall–Kier alpha value is -1.06. The predicted molar refractivity (Wildman–Crippen MR) is 115 cm³/mol. The van der Waals surface area contributed by atoms with Crippen LogP contribution >= 0.6 is 12.4 Å². The maximum atomic E-state index is 12.8. The number of carbonyl (C=O) groups is 1. The summed E-state index contributed by atoms with van der Waals surface area (Å²) in [5.41, 5.74) is 2.58. The van der Waals surface area contributed by atoms with Gasteiger partial charge in [-0.05, 0) is 67.7 Å². The van der Waals surface area contributed by atoms with Gasteiger partial charge in [-0.25, -0.2) is 0 Å². The number of likely N-dealkylation sites (tertiary alicyclic amines) is 1. The van der Waals surface area contributed by atoms with E-state index in [1.54, 1.807) is 0 Å². The van der Waals surface area contributed by atoms with Crippen LogP contribution in [0.15, 0.2) is 24.3 Å². The van der Waals surface area contributed by atoms with Gasteiger partial charge in [-0.15, -0.1) is 12.4 Å². The van der Waals surface area contributed by atoms with Gasteiger partial charge in [0.1, 0.15) is 0 Å². The summed E-state index contributed by atoms with van der Waals surface area (Å²) in [5, 5.41) is 3.22. The lowest BCUT2D eigenvalue weighted by Gasteiger charge is -2.36. The van der Waals surface area contributed by atoms with Crippen LogP contribution in [-0.2, 0) is 17.9 Å². The number of amides is 1. The molecule has 2 aliphatic rings. The maximum Gasteiger partial charge on any atom is 0.223 e. The zero-order valence-electron chi connectivity index (χ0n) is 17.2. The van der Waals surface area contributed by atoms with Crippen molar-refractivity contribution in [2.75, 3.05) is 13.1 Å². The number of rotatable bonds is 6. The van der Waals surface area contributed by atoms with Gasteiger partial charge in [0.25, 0.3) is 0 Å². The molecule has 1 heterocycles. The van der Waals surface area contributed by atoms with Gasteiger partial charge < -0.3 is 5.32 Å². The van der Waals surface area contributed by atoms with Gasteiger partial charge in [-0.1, -0.05) is 51.5 Å². The summed E-state index contributed by atoms with van der Waals surface area (Å²) in [5.74, 6) is 2.24. The summed E-state index contributed by atoms with van der Waals surface area (Å²) >= 11 is 0. The third-order valence-corrected chi connectivity index (χ3v) is 6.45. The van der Waals surface area contributed by atoms with Crippen LogP contribution in [0, 0.1) is 23.7 Å². The molecule has 0 radical (unpaired) electrons. The van der Waals surface area contributed by atoms with Crippen LogP contribution < -0.4 is 5.32 Å². The lowest BCUT2D eigenvalue weighted by Crippen LogP contribution is -2.39. The minimum absolute atomic E-state index is 0. The second kappa shape index (κ2) is 10.5. The van der Waals surface area contributed by atoms with E-state index < -0.39 is 0 Å². The van der Waals surface area contributed by atoms with E-state index in [4.69, 9.17) is 0 Å². The fourth-order valence-electron chi connectivity index (χ4n) is 4.79. The molecular formula is C23H37ClN2O. The molecule has 1 aliphatic carbocycles. The molecule has 152 valence electrons. The van der Waals surface area contributed by atoms with Gasteiger partial charge in [0, 0.05) is 19.0 Å². The minimum Gasteiger partial charge on any atom is -0.352 e. The molecule has 1 amide bonds. The average molecular weight is 393 g/mol. The van der Waals surface area contributed by atoms with E-state index in [1.165, 1.54) is 49.9 Å². The van der Waals surface area contributed by atoms with Crippen LogP contribution in [0.3, 0.4) is 0 Å². The molecule has 1 saturated carbocycles. The molecule has 3 atom stereocenters. The highest BCUT2D eigenvalue weighted by atomic mass is 35.5. The molecule has 1 aromatic carbocycles. The zero-order chi connectivity index (χ0) is 18.5. The molecule has 3 nitrogen and oxygen atoms in total. The number of nitrogens with one attached hydrogen (secondary N) is 1. The number of halogens is 1. The average Bonchev–Trinajstić information content (AvgIpc) is 3.13. The van der Waals surface area contributed by atoms with Crippen LogP contribution in [0.5, 0.6) is 0 Å². The second-order valence-corrected chi connectivity index (χ2v) is 8.95. The first-order valence-corrected chi connectivity index (χ1v) is 10.6. The van der Waals surface area contributed by atoms with Crippen molar-refractivity contribution in [3.63, 3.8) is 0 Å². The van der Waals surface area contributed by atoms with E-state index in [-0.39, 0.29) is 24.2 Å². The van der Waals surface area contributed by atoms with E-state index in [1.807, 2.05) is 0 Å². The minimum atomic E-state index is 0. The number of nitrogens with zero attached hydrogens (tertiary/aromatic N) is 1. The molecule has 0 spiro atoms. The SMILES string of the molecule is CC(C)[C@@H]1CC[C@@H](C)C[C@H]1C(=O)NCc1ccc(CN2CCCC2)cc1.Cl. The number of hydrogen-bond donors (Lipinski definition) is 1. The molecule has 27 heavy (non-hydrogen) atoms. The number of hydrogen-bond acceptors (Lipinski definition) is 2. The Kier molecular flexibility index (Phi) is 8.62. The Bertz CT molecular complexity index is 581. The summed E-state index contributed by atoms with van der Waals surface area (Å²) in [4.78, 5) is 15.3. The highest BCUT2D eigenvalue weighted by molar-refractivity contribution is 5.85. The van der Waals surface area contributed by atoms with Gasteiger partial charge in [0.05, 0.1) is 0 Å². The van der Waals surface area contributed by atoms with Gasteiger partial charge in [-0.2, -0.15) is 0 Å². The molecule has 1 N–H and O–H groups in total. The number of benzene rings is 1. The van der Waals surface area contributed by atoms with E-state index in [9.17, 15) is 4.79 Å². The first-order chi connectivity index (χ1) is 12.5. The largest absolute Gasteiger partial charge is 0.352 e. The summed E-state index contributed by atoms with van der Waals surface area (Å²) < 4.78 is 0. The van der Waals surface area contributed by atoms with E-state index in [0.717, 1.165) is 13.0 Å². The summed E-state index contributed by atoms with van der Waals surface area (Å²) in [6.45, 7) is 11.0. The zero-order valence-corrected chi connectivity index (χ0v) is 18.1. The Balaban J connectivity index is 0.00000261. The van der Waals surface area contributed by atoms with Crippen molar-refractivity contribution in [1.82, 2.24) is 10.2 Å². The highest BCUT2D eigenvalue weighted by Gasteiger charge is 2.35. The molecule has 4 heteroatoms. The molecule has 0 unspecified atom stereocenters. The van der Waals surface area contributed by atoms with Crippen LogP contribution in [0.25, 0.3) is 0 Å². The van der Waals surface area contributed by atoms with Gasteiger partial charge in [0.15, 0.2) is 0 Å². The predicted octanol–water partition coefficient (Wildman–Crippen LogP) is 5.03. The molecule has 1 saturated heterocycles. The van der Waals surface area contributed by atoms with Crippen LogP contribution in [0.2, 0.25) is 0 Å². The molecule has 0 aromatic heterocycles. The van der Waals surface area contributed by atoms with E-state index >= 15 is 0 Å². The normalized spacial score (nSPS) is 26.0. The quantitative estimate of drug-likeness (QED) is 0.736. The van der Waals surface area contributed by atoms with Gasteiger partial charge in [0.2, 0.25) is 5.91 Å². The van der Waals surface area contributed by atoms with Crippen molar-refractivity contribution < 1.29 is 4.79 Å². The van der Waals surface area contributed by atoms with Crippen molar-refractivity contribution in [3.8, 4) is 0 Å². The lowest BCUT2D eigenvalue weighted by atomic mass is 9.70. The number of carbonyl (C=O) groups excluding carboxylic acids is 1. The Morgan fingerprint density at radius 3 is 2.37 bits per heavy atom. The maximum absolute atomic E-state index is 12.8. The third kappa shape index (κ3) is 6.22. The highest BCUT2D eigenvalue weighted by Crippen LogP contribution is 2.38. The van der Waals surface area contributed by atoms with Crippen LogP contribution in [-0.4, -0.2) is 23.9 Å². The van der Waals surface area contributed by atoms with Crippen LogP contribution in [0.4, 0.5) is 0 Å². The van der Waals surface area contributed by atoms with Crippen molar-refractivity contribution >= 4 is 18.3 Å². The van der Waals surface area contributed by atoms with Crippen molar-refractivity contribution in [3.05, 3.63) is 35.4 Å². The van der Waals surface area contributed by atoms with E-state index in [0.29, 0.717) is 24.3 Å². The molecule has 3 rings (SSSR count). The smallest absolute Gasteiger partial charge is 0.223 e. The van der Waals surface area contributed by atoms with Crippen molar-refractivity contribution in [2.45, 2.75) is 66.0 Å². The monoisotopic (exact) mass is 392 g/mol. The topological polar surface area (TPSA) is 32.3 Å². The standard InChI is InChI=1S/C23H36N2O.ClH/c1-17(2)21-11-6-18(3)14-22(21)23(26)24-15-19-7-9-20(10-8-19)16-25-12-4-5-13-25;/h7-10,17-18,21-22H,4-6,11-16H2,1-3H3,(H,24,26);1H/t18-,21+,22-;/m1./s1. The Morgan fingerprint density at radius 1 is 1.11 bits per heavy atom. The summed E-state index contributed by atoms with van der Waals surface area (Å²) in [6, 6.07) is 8.79. The summed E-state index contributed by atoms with van der Waals surface area (Å²) in [7, 11) is 0. The fourth-order valence-corrected chi connectivity index (χ4v) is 4.79. The molecular weight excluding hydrogens is 356 g/mol. The van der Waals surface area contributed by atoms with Gasteiger partial charge in [-0.3, -0.25) is 9.69 Å². The Morgan fingerprint density at radius 2 is 1.74 bits per heavy atom. The Labute approximate surface area is 171 Å². The van der Waals surface area contributed by atoms with Gasteiger partial charge >= 0.3 is 0 Å². The fraction of sp³-hybridized carbons (Fsp3) is 0.696. The summed E-state index contributed by atoms with van der Waals surface area (Å²) in [6.07, 6.45) is 6.18. The lowest BCUT2D eigenvalue weighted by molar-refractivity contribution is -0.129. The first kappa shape index (κ1) is 22.2. The first-order valence-electron chi connectivity index (χ1n) is 10.6. The molecule has 1 aromatic rings. The molecule has 1 aliphatic heterocycles. The third-order valence-electron chi connectivity index (χ3n) is 6.45.